The molecule has 7 nitrogen and oxygen atoms in total. The van der Waals surface area contributed by atoms with Gasteiger partial charge in [-0.25, -0.2) is 17.2 Å². The molecule has 0 atom stereocenters. The molecule has 236 valence electrons. The van der Waals surface area contributed by atoms with Crippen LogP contribution in [0.5, 0.6) is 5.75 Å². The van der Waals surface area contributed by atoms with Gasteiger partial charge >= 0.3 is 0 Å². The SMILES string of the molecule is O=C(c1ccc(CN(Cc2ccc(F)cc2)S(=O)(=O)c2cc(Cl)cc(Cl)c2O)cc1)N(Cc1ccc(F)cc1)Cc1cccnc1. The second-order valence-electron chi connectivity index (χ2n) is 10.5. The Bertz CT molecular complexity index is 1930. The summed E-state index contributed by atoms with van der Waals surface area (Å²) in [5, 5.41) is 10.3. The minimum atomic E-state index is -4.38. The zero-order valence-corrected chi connectivity index (χ0v) is 26.5. The quantitative estimate of drug-likeness (QED) is 0.155. The number of amides is 1. The number of phenols is 1. The van der Waals surface area contributed by atoms with Crippen molar-refractivity contribution in [2.75, 3.05) is 0 Å². The summed E-state index contributed by atoms with van der Waals surface area (Å²) in [6.45, 7) is 0.141. The fraction of sp³-hybridized carbons (Fsp3) is 0.118. The number of benzene rings is 4. The Hall–Kier alpha value is -4.35. The van der Waals surface area contributed by atoms with Crippen LogP contribution in [0, 0.1) is 11.6 Å². The molecule has 0 aliphatic carbocycles. The van der Waals surface area contributed by atoms with Crippen molar-refractivity contribution in [3.05, 3.63) is 159 Å². The van der Waals surface area contributed by atoms with Crippen molar-refractivity contribution < 1.29 is 27.1 Å². The van der Waals surface area contributed by atoms with Crippen molar-refractivity contribution in [2.45, 2.75) is 31.1 Å². The van der Waals surface area contributed by atoms with E-state index in [1.54, 1.807) is 59.8 Å². The first kappa shape index (κ1) is 33.0. The molecule has 0 bridgehead atoms. The van der Waals surface area contributed by atoms with Gasteiger partial charge in [-0.05, 0) is 76.9 Å². The van der Waals surface area contributed by atoms with E-state index in [0.717, 1.165) is 21.5 Å². The van der Waals surface area contributed by atoms with Crippen molar-refractivity contribution >= 4 is 39.1 Å². The molecule has 1 aromatic heterocycles. The molecule has 4 aromatic carbocycles. The highest BCUT2D eigenvalue weighted by Gasteiger charge is 2.30. The Balaban J connectivity index is 1.43. The molecule has 5 aromatic rings. The van der Waals surface area contributed by atoms with Gasteiger partial charge in [0.05, 0.1) is 5.02 Å². The van der Waals surface area contributed by atoms with Gasteiger partial charge in [0.25, 0.3) is 5.91 Å². The minimum Gasteiger partial charge on any atom is -0.505 e. The topological polar surface area (TPSA) is 90.8 Å². The van der Waals surface area contributed by atoms with Crippen LogP contribution in [0.25, 0.3) is 0 Å². The number of hydrogen-bond acceptors (Lipinski definition) is 5. The number of carbonyl (C=O) groups excluding carboxylic acids is 1. The van der Waals surface area contributed by atoms with Gasteiger partial charge in [0.15, 0.2) is 5.75 Å². The molecule has 0 saturated heterocycles. The van der Waals surface area contributed by atoms with Gasteiger partial charge < -0.3 is 10.0 Å². The predicted octanol–water partition coefficient (Wildman–Crippen LogP) is 7.61. The Kier molecular flexibility index (Phi) is 10.3. The van der Waals surface area contributed by atoms with Crippen LogP contribution in [-0.4, -0.2) is 33.6 Å². The fourth-order valence-electron chi connectivity index (χ4n) is 4.76. The van der Waals surface area contributed by atoms with Crippen LogP contribution in [-0.2, 0) is 36.2 Å². The molecule has 0 unspecified atom stereocenters. The number of rotatable bonds is 11. The highest BCUT2D eigenvalue weighted by atomic mass is 35.5. The van der Waals surface area contributed by atoms with Crippen molar-refractivity contribution in [3.63, 3.8) is 0 Å². The molecule has 0 fully saturated rings. The summed E-state index contributed by atoms with van der Waals surface area (Å²) in [7, 11) is -4.38. The highest BCUT2D eigenvalue weighted by Crippen LogP contribution is 2.36. The second kappa shape index (κ2) is 14.4. The summed E-state index contributed by atoms with van der Waals surface area (Å²) in [6.07, 6.45) is 3.30. The lowest BCUT2D eigenvalue weighted by molar-refractivity contribution is 0.0730. The lowest BCUT2D eigenvalue weighted by Crippen LogP contribution is -2.31. The smallest absolute Gasteiger partial charge is 0.254 e. The molecule has 0 spiro atoms. The predicted molar refractivity (Wildman–Crippen MR) is 172 cm³/mol. The van der Waals surface area contributed by atoms with E-state index in [9.17, 15) is 27.1 Å². The van der Waals surface area contributed by atoms with Crippen LogP contribution >= 0.6 is 23.2 Å². The first-order valence-electron chi connectivity index (χ1n) is 13.9. The molecule has 1 amide bonds. The lowest BCUT2D eigenvalue weighted by Gasteiger charge is -2.24. The van der Waals surface area contributed by atoms with Crippen LogP contribution in [0.2, 0.25) is 10.0 Å². The van der Waals surface area contributed by atoms with Gasteiger partial charge in [0.1, 0.15) is 16.5 Å². The number of sulfonamides is 1. The van der Waals surface area contributed by atoms with Crippen LogP contribution in [0.4, 0.5) is 8.78 Å². The average molecular weight is 683 g/mol. The largest absolute Gasteiger partial charge is 0.505 e. The summed E-state index contributed by atoms with van der Waals surface area (Å²) >= 11 is 12.1. The molecule has 1 N–H and O–H groups in total. The van der Waals surface area contributed by atoms with Gasteiger partial charge in [-0.3, -0.25) is 9.78 Å². The van der Waals surface area contributed by atoms with E-state index < -0.39 is 26.5 Å². The third kappa shape index (κ3) is 8.07. The van der Waals surface area contributed by atoms with E-state index >= 15 is 0 Å². The number of halogens is 4. The molecular formula is C34H27Cl2F2N3O4S. The fourth-order valence-corrected chi connectivity index (χ4v) is 6.92. The monoisotopic (exact) mass is 681 g/mol. The maximum absolute atomic E-state index is 13.9. The normalized spacial score (nSPS) is 11.5. The molecule has 0 aliphatic heterocycles. The van der Waals surface area contributed by atoms with E-state index in [4.69, 9.17) is 23.2 Å². The lowest BCUT2D eigenvalue weighted by atomic mass is 10.1. The van der Waals surface area contributed by atoms with Gasteiger partial charge in [-0.15, -0.1) is 0 Å². The van der Waals surface area contributed by atoms with E-state index in [2.05, 4.69) is 4.98 Å². The third-order valence-electron chi connectivity index (χ3n) is 7.11. The Labute approximate surface area is 275 Å². The molecule has 12 heteroatoms. The number of hydrogen-bond donors (Lipinski definition) is 1. The number of pyridine rings is 1. The van der Waals surface area contributed by atoms with Crippen LogP contribution in [0.3, 0.4) is 0 Å². The Morgan fingerprint density at radius 1 is 0.739 bits per heavy atom. The van der Waals surface area contributed by atoms with Crippen molar-refractivity contribution in [2.24, 2.45) is 0 Å². The molecule has 0 saturated carbocycles. The maximum atomic E-state index is 13.9. The van der Waals surface area contributed by atoms with Gasteiger partial charge in [0.2, 0.25) is 10.0 Å². The highest BCUT2D eigenvalue weighted by molar-refractivity contribution is 7.89. The number of nitrogens with zero attached hydrogens (tertiary/aromatic N) is 3. The summed E-state index contributed by atoms with van der Waals surface area (Å²) in [6, 6.07) is 23.7. The molecule has 0 aliphatic rings. The zero-order chi connectivity index (χ0) is 32.8. The van der Waals surface area contributed by atoms with Crippen LogP contribution < -0.4 is 0 Å². The van der Waals surface area contributed by atoms with E-state index in [0.29, 0.717) is 16.7 Å². The summed E-state index contributed by atoms with van der Waals surface area (Å²) in [5.74, 6) is -1.80. The van der Waals surface area contributed by atoms with Gasteiger partial charge in [-0.2, -0.15) is 4.31 Å². The van der Waals surface area contributed by atoms with Crippen LogP contribution in [0.1, 0.15) is 32.6 Å². The number of aromatic hydroxyl groups is 1. The molecule has 5 rings (SSSR count). The summed E-state index contributed by atoms with van der Waals surface area (Å²) in [4.78, 5) is 19.0. The van der Waals surface area contributed by atoms with Crippen molar-refractivity contribution in [3.8, 4) is 5.75 Å². The van der Waals surface area contributed by atoms with Crippen LogP contribution in [0.15, 0.2) is 114 Å². The van der Waals surface area contributed by atoms with E-state index in [1.165, 1.54) is 42.5 Å². The maximum Gasteiger partial charge on any atom is 0.254 e. The molecule has 0 radical (unpaired) electrons. The number of aromatic nitrogens is 1. The Morgan fingerprint density at radius 3 is 1.80 bits per heavy atom. The summed E-state index contributed by atoms with van der Waals surface area (Å²) < 4.78 is 55.9. The third-order valence-corrected chi connectivity index (χ3v) is 9.42. The van der Waals surface area contributed by atoms with Crippen molar-refractivity contribution in [1.29, 1.82) is 0 Å². The average Bonchev–Trinajstić information content (AvgIpc) is 3.04. The molecule has 1 heterocycles. The number of carbonyl (C=O) groups is 1. The summed E-state index contributed by atoms with van der Waals surface area (Å²) in [5.41, 5.74) is 2.92. The van der Waals surface area contributed by atoms with E-state index in [1.807, 2.05) is 6.07 Å². The molecule has 46 heavy (non-hydrogen) atoms. The van der Waals surface area contributed by atoms with Crippen molar-refractivity contribution in [1.82, 2.24) is 14.2 Å². The molecular weight excluding hydrogens is 655 g/mol. The first-order valence-corrected chi connectivity index (χ1v) is 16.1. The van der Waals surface area contributed by atoms with Gasteiger partial charge in [-0.1, -0.05) is 65.7 Å². The standard InChI is InChI=1S/C34H27Cl2F2N3O4S/c35-28-16-31(36)33(42)32(17-28)46(44,45)41(22-25-7-13-30(38)14-8-25)21-24-3-9-27(10-4-24)34(43)40(20-26-2-1-15-39-18-26)19-23-5-11-29(37)12-6-23/h1-18,42H,19-22H2. The van der Waals surface area contributed by atoms with Gasteiger partial charge in [0, 0.05) is 49.2 Å². The van der Waals surface area contributed by atoms with E-state index in [-0.39, 0.29) is 47.9 Å². The zero-order valence-electron chi connectivity index (χ0n) is 24.2. The second-order valence-corrected chi connectivity index (χ2v) is 13.2. The minimum absolute atomic E-state index is 0.0162. The first-order chi connectivity index (χ1) is 22.0. The number of phenolic OH excluding ortho intramolecular Hbond substituents is 1. The Morgan fingerprint density at radius 2 is 1.26 bits per heavy atom.